The van der Waals surface area contributed by atoms with Gasteiger partial charge in [-0.1, -0.05) is 42.5 Å². The average molecular weight is 430 g/mol. The number of likely N-dealkylation sites (tertiary alicyclic amines) is 1. The number of hydrogen-bond acceptors (Lipinski definition) is 6. The van der Waals surface area contributed by atoms with Gasteiger partial charge in [-0.05, 0) is 30.0 Å². The zero-order chi connectivity index (χ0) is 22.6. The molecule has 1 aliphatic heterocycles. The van der Waals surface area contributed by atoms with Gasteiger partial charge in [-0.3, -0.25) is 14.4 Å². The third-order valence-corrected chi connectivity index (χ3v) is 6.34. The van der Waals surface area contributed by atoms with Crippen molar-refractivity contribution >= 4 is 12.1 Å². The van der Waals surface area contributed by atoms with E-state index in [2.05, 4.69) is 27.5 Å². The maximum Gasteiger partial charge on any atom is 0.158 e. The van der Waals surface area contributed by atoms with Crippen molar-refractivity contribution in [1.82, 2.24) is 14.7 Å². The van der Waals surface area contributed by atoms with Crippen LogP contribution in [-0.2, 0) is 12.1 Å². The molecule has 164 valence electrons. The van der Waals surface area contributed by atoms with Crippen molar-refractivity contribution in [2.24, 2.45) is 0 Å². The van der Waals surface area contributed by atoms with Crippen molar-refractivity contribution in [2.45, 2.75) is 31.3 Å². The number of rotatable bonds is 7. The zero-order valence-corrected chi connectivity index (χ0v) is 18.2. The van der Waals surface area contributed by atoms with Gasteiger partial charge in [0.05, 0.1) is 23.6 Å². The van der Waals surface area contributed by atoms with Gasteiger partial charge >= 0.3 is 0 Å². The van der Waals surface area contributed by atoms with Gasteiger partial charge in [0, 0.05) is 38.4 Å². The number of benzene rings is 2. The van der Waals surface area contributed by atoms with Crippen LogP contribution in [0.15, 0.2) is 54.7 Å². The molecule has 3 aromatic rings. The molecule has 0 unspecified atom stereocenters. The molecule has 0 aliphatic carbocycles. The topological polar surface area (TPSA) is 94.2 Å². The van der Waals surface area contributed by atoms with Gasteiger partial charge in [0.25, 0.3) is 0 Å². The van der Waals surface area contributed by atoms with E-state index in [0.717, 1.165) is 55.5 Å². The van der Waals surface area contributed by atoms with E-state index in [0.29, 0.717) is 17.8 Å². The molecule has 2 aromatic carbocycles. The minimum atomic E-state index is -0.419. The molecule has 0 amide bonds. The molecular weight excluding hydrogens is 402 g/mol. The van der Waals surface area contributed by atoms with Gasteiger partial charge in [0.1, 0.15) is 5.75 Å². The van der Waals surface area contributed by atoms with Gasteiger partial charge in [0.2, 0.25) is 0 Å². The number of nitriles is 1. The number of nitrogens with one attached hydrogen (secondary N) is 1. The molecule has 4 rings (SSSR count). The standard InChI is InChI=1S/C25H27N5O2/c1-27-24-21(18-31)17-30(28-24)25(9-12-26)10-13-29(14-11-25)16-19-7-8-22(23(32)15-19)20-5-3-2-4-6-20/h2-8,15,17-18,32H,9-11,13-14,16H2,1H3,(H,27,28). The average Bonchev–Trinajstić information content (AvgIpc) is 3.26. The molecule has 1 saturated heterocycles. The van der Waals surface area contributed by atoms with E-state index in [1.807, 2.05) is 47.1 Å². The summed E-state index contributed by atoms with van der Waals surface area (Å²) < 4.78 is 1.81. The fraction of sp³-hybridized carbons (Fsp3) is 0.320. The van der Waals surface area contributed by atoms with Gasteiger partial charge in [0.15, 0.2) is 12.1 Å². The van der Waals surface area contributed by atoms with Crippen LogP contribution in [0.4, 0.5) is 5.82 Å². The molecule has 0 saturated carbocycles. The zero-order valence-electron chi connectivity index (χ0n) is 18.2. The number of aromatic nitrogens is 2. The largest absolute Gasteiger partial charge is 0.507 e. The van der Waals surface area contributed by atoms with Crippen LogP contribution in [0.5, 0.6) is 5.75 Å². The highest BCUT2D eigenvalue weighted by atomic mass is 16.3. The molecule has 1 aliphatic rings. The Morgan fingerprint density at radius 3 is 2.56 bits per heavy atom. The van der Waals surface area contributed by atoms with Gasteiger partial charge in [-0.25, -0.2) is 0 Å². The van der Waals surface area contributed by atoms with Crippen LogP contribution in [0.25, 0.3) is 11.1 Å². The first-order valence-corrected chi connectivity index (χ1v) is 10.8. The first-order chi connectivity index (χ1) is 15.6. The summed E-state index contributed by atoms with van der Waals surface area (Å²) in [7, 11) is 1.73. The fourth-order valence-electron chi connectivity index (χ4n) is 4.47. The Bertz CT molecular complexity index is 1120. The molecule has 32 heavy (non-hydrogen) atoms. The maximum absolute atomic E-state index is 11.4. The maximum atomic E-state index is 11.4. The smallest absolute Gasteiger partial charge is 0.158 e. The number of piperidine rings is 1. The molecule has 7 nitrogen and oxygen atoms in total. The number of carbonyl (C=O) groups is 1. The molecule has 0 bridgehead atoms. The highest BCUT2D eigenvalue weighted by molar-refractivity contribution is 5.82. The van der Waals surface area contributed by atoms with Crippen molar-refractivity contribution in [1.29, 1.82) is 5.26 Å². The number of nitrogens with zero attached hydrogens (tertiary/aromatic N) is 4. The summed E-state index contributed by atoms with van der Waals surface area (Å²) in [5.41, 5.74) is 2.95. The van der Waals surface area contributed by atoms with Crippen LogP contribution in [-0.4, -0.2) is 46.2 Å². The number of aromatic hydroxyl groups is 1. The highest BCUT2D eigenvalue weighted by Crippen LogP contribution is 2.35. The van der Waals surface area contributed by atoms with Crippen LogP contribution in [0.2, 0.25) is 0 Å². The van der Waals surface area contributed by atoms with Crippen LogP contribution >= 0.6 is 0 Å². The fourth-order valence-corrected chi connectivity index (χ4v) is 4.47. The highest BCUT2D eigenvalue weighted by Gasteiger charge is 2.37. The normalized spacial score (nSPS) is 15.8. The summed E-state index contributed by atoms with van der Waals surface area (Å²) in [6, 6.07) is 18.0. The van der Waals surface area contributed by atoms with Gasteiger partial charge < -0.3 is 10.4 Å². The van der Waals surface area contributed by atoms with Crippen LogP contribution in [0.1, 0.15) is 35.2 Å². The Kier molecular flexibility index (Phi) is 6.24. The van der Waals surface area contributed by atoms with Gasteiger partial charge in [-0.15, -0.1) is 0 Å². The van der Waals surface area contributed by atoms with Crippen LogP contribution in [0.3, 0.4) is 0 Å². The summed E-state index contributed by atoms with van der Waals surface area (Å²) in [5, 5.41) is 27.5. The summed E-state index contributed by atoms with van der Waals surface area (Å²) in [6.07, 6.45) is 4.40. The lowest BCUT2D eigenvalue weighted by Gasteiger charge is -2.40. The molecule has 1 aromatic heterocycles. The summed E-state index contributed by atoms with van der Waals surface area (Å²) in [5.74, 6) is 0.816. The predicted octanol–water partition coefficient (Wildman–Crippen LogP) is 4.01. The number of aldehydes is 1. The van der Waals surface area contributed by atoms with Crippen molar-refractivity contribution in [2.75, 3.05) is 25.5 Å². The second-order valence-electron chi connectivity index (χ2n) is 8.30. The minimum Gasteiger partial charge on any atom is -0.507 e. The monoisotopic (exact) mass is 429 g/mol. The van der Waals surface area contributed by atoms with E-state index in [1.165, 1.54) is 0 Å². The van der Waals surface area contributed by atoms with E-state index in [-0.39, 0.29) is 5.75 Å². The molecule has 7 heteroatoms. The predicted molar refractivity (Wildman–Crippen MR) is 123 cm³/mol. The number of carbonyl (C=O) groups excluding carboxylic acids is 1. The molecule has 2 N–H and O–H groups in total. The first-order valence-electron chi connectivity index (χ1n) is 10.8. The molecule has 1 fully saturated rings. The third-order valence-electron chi connectivity index (χ3n) is 6.34. The van der Waals surface area contributed by atoms with E-state index in [4.69, 9.17) is 0 Å². The van der Waals surface area contributed by atoms with Crippen LogP contribution < -0.4 is 5.32 Å². The van der Waals surface area contributed by atoms with E-state index < -0.39 is 5.54 Å². The Morgan fingerprint density at radius 2 is 1.97 bits per heavy atom. The van der Waals surface area contributed by atoms with Crippen molar-refractivity contribution in [3.63, 3.8) is 0 Å². The Labute approximate surface area is 187 Å². The lowest BCUT2D eigenvalue weighted by atomic mass is 9.84. The van der Waals surface area contributed by atoms with E-state index in [1.54, 1.807) is 13.2 Å². The lowest BCUT2D eigenvalue weighted by molar-refractivity contribution is 0.0975. The molecule has 0 spiro atoms. The SMILES string of the molecule is CNc1nn(C2(CC#N)CCN(Cc3ccc(-c4ccccc4)c(O)c3)CC2)cc1C=O. The minimum absolute atomic E-state index is 0.280. The van der Waals surface area contributed by atoms with Crippen molar-refractivity contribution < 1.29 is 9.90 Å². The number of phenolic OH excluding ortho intramolecular Hbond substituents is 1. The molecule has 0 atom stereocenters. The van der Waals surface area contributed by atoms with Crippen molar-refractivity contribution in [3.8, 4) is 22.9 Å². The van der Waals surface area contributed by atoms with Crippen molar-refractivity contribution in [3.05, 3.63) is 65.9 Å². The number of phenols is 1. The Balaban J connectivity index is 1.47. The van der Waals surface area contributed by atoms with E-state index >= 15 is 0 Å². The third kappa shape index (κ3) is 4.23. The summed E-state index contributed by atoms with van der Waals surface area (Å²) in [4.78, 5) is 13.7. The van der Waals surface area contributed by atoms with E-state index in [9.17, 15) is 15.2 Å². The second kappa shape index (κ2) is 9.25. The molecular formula is C25H27N5O2. The van der Waals surface area contributed by atoms with Crippen LogP contribution in [0, 0.1) is 11.3 Å². The molecule has 2 heterocycles. The Hall–Kier alpha value is -3.63. The summed E-state index contributed by atoms with van der Waals surface area (Å²) in [6.45, 7) is 2.33. The lowest BCUT2D eigenvalue weighted by Crippen LogP contribution is -2.46. The summed E-state index contributed by atoms with van der Waals surface area (Å²) >= 11 is 0. The second-order valence-corrected chi connectivity index (χ2v) is 8.30. The first kappa shape index (κ1) is 21.6. The number of hydrogen-bond donors (Lipinski definition) is 2. The molecule has 0 radical (unpaired) electrons. The number of anilines is 1. The quantitative estimate of drug-likeness (QED) is 0.551. The van der Waals surface area contributed by atoms with Gasteiger partial charge in [-0.2, -0.15) is 10.4 Å². The Morgan fingerprint density at radius 1 is 1.22 bits per heavy atom.